The number of thioether (sulfide) groups is 1. The summed E-state index contributed by atoms with van der Waals surface area (Å²) in [5, 5.41) is 0.827. The van der Waals surface area contributed by atoms with Crippen molar-refractivity contribution in [1.82, 2.24) is 0 Å². The Hall–Kier alpha value is -1.93. The number of alkyl halides is 2. The molecular formula is C19H18BrF2N2O2S-. The number of rotatable bonds is 6. The van der Waals surface area contributed by atoms with Crippen LogP contribution in [-0.2, 0) is 0 Å². The number of amidine groups is 1. The number of ketones is 1. The van der Waals surface area contributed by atoms with Gasteiger partial charge in [0.05, 0.1) is 6.54 Å². The summed E-state index contributed by atoms with van der Waals surface area (Å²) in [5.41, 5.74) is 1.33. The first kappa shape index (κ1) is 21.4. The quantitative estimate of drug-likeness (QED) is 0.618. The first-order valence-electron chi connectivity index (χ1n) is 8.21. The van der Waals surface area contributed by atoms with Crippen LogP contribution < -0.4 is 26.6 Å². The minimum atomic E-state index is -2.88. The van der Waals surface area contributed by atoms with E-state index in [0.29, 0.717) is 5.56 Å². The SMILES string of the molecule is O=C(CN(C1=NCCCS1)c1ccccc1)c1ccc(OC(F)F)cc1.[Br-]. The molecule has 0 amide bonds. The fourth-order valence-corrected chi connectivity index (χ4v) is 3.51. The highest BCUT2D eigenvalue weighted by atomic mass is 79.9. The molecule has 0 aromatic heterocycles. The van der Waals surface area contributed by atoms with E-state index in [1.807, 2.05) is 35.2 Å². The summed E-state index contributed by atoms with van der Waals surface area (Å²) in [6.45, 7) is -2.00. The zero-order chi connectivity index (χ0) is 18.4. The van der Waals surface area contributed by atoms with Crippen molar-refractivity contribution in [2.24, 2.45) is 4.99 Å². The van der Waals surface area contributed by atoms with Crippen molar-refractivity contribution in [2.45, 2.75) is 13.0 Å². The molecule has 1 heterocycles. The molecule has 0 unspecified atom stereocenters. The van der Waals surface area contributed by atoms with Gasteiger partial charge in [-0.1, -0.05) is 30.0 Å². The van der Waals surface area contributed by atoms with Crippen molar-refractivity contribution >= 4 is 28.4 Å². The highest BCUT2D eigenvalue weighted by molar-refractivity contribution is 8.14. The number of anilines is 1. The molecule has 0 aliphatic carbocycles. The fourth-order valence-electron chi connectivity index (χ4n) is 2.55. The Morgan fingerprint density at radius 1 is 1.15 bits per heavy atom. The van der Waals surface area contributed by atoms with Gasteiger partial charge in [-0.15, -0.1) is 0 Å². The van der Waals surface area contributed by atoms with Crippen LogP contribution in [0.3, 0.4) is 0 Å². The highest BCUT2D eigenvalue weighted by Gasteiger charge is 2.20. The molecular weight excluding hydrogens is 438 g/mol. The number of carbonyl (C=O) groups is 1. The molecule has 0 spiro atoms. The normalized spacial score (nSPS) is 13.5. The maximum Gasteiger partial charge on any atom is 0.387 e. The van der Waals surface area contributed by atoms with Gasteiger partial charge < -0.3 is 26.6 Å². The molecule has 1 aliphatic heterocycles. The third kappa shape index (κ3) is 6.04. The second-order valence-corrected chi connectivity index (χ2v) is 6.68. The summed E-state index contributed by atoms with van der Waals surface area (Å²) in [6.07, 6.45) is 1.02. The average molecular weight is 456 g/mol. The van der Waals surface area contributed by atoms with E-state index in [9.17, 15) is 13.6 Å². The van der Waals surface area contributed by atoms with E-state index in [1.165, 1.54) is 24.3 Å². The lowest BCUT2D eigenvalue weighted by Gasteiger charge is -2.27. The Kier molecular flexibility index (Phi) is 8.24. The topological polar surface area (TPSA) is 41.9 Å². The van der Waals surface area contributed by atoms with Crippen molar-refractivity contribution in [3.05, 3.63) is 60.2 Å². The predicted molar refractivity (Wildman–Crippen MR) is 101 cm³/mol. The number of benzene rings is 2. The number of ether oxygens (including phenoxy) is 1. The molecule has 2 aromatic rings. The largest absolute Gasteiger partial charge is 1.00 e. The van der Waals surface area contributed by atoms with Crippen LogP contribution in [0.1, 0.15) is 16.8 Å². The average Bonchev–Trinajstić information content (AvgIpc) is 2.67. The number of para-hydroxylation sites is 1. The molecule has 144 valence electrons. The van der Waals surface area contributed by atoms with E-state index in [-0.39, 0.29) is 35.1 Å². The number of Topliss-reactive ketones (excluding diaryl/α,β-unsaturated/α-hetero) is 1. The lowest BCUT2D eigenvalue weighted by atomic mass is 10.1. The fraction of sp³-hybridized carbons (Fsp3) is 0.263. The molecule has 1 aliphatic rings. The summed E-state index contributed by atoms with van der Waals surface area (Å²) < 4.78 is 28.8. The third-order valence-corrected chi connectivity index (χ3v) is 4.88. The molecule has 4 nitrogen and oxygen atoms in total. The van der Waals surface area contributed by atoms with Crippen molar-refractivity contribution in [3.8, 4) is 5.75 Å². The monoisotopic (exact) mass is 455 g/mol. The summed E-state index contributed by atoms with van der Waals surface area (Å²) in [4.78, 5) is 19.2. The first-order valence-corrected chi connectivity index (χ1v) is 9.20. The van der Waals surface area contributed by atoms with Crippen LogP contribution in [0, 0.1) is 0 Å². The van der Waals surface area contributed by atoms with Crippen molar-refractivity contribution < 1.29 is 35.3 Å². The maximum atomic E-state index is 12.7. The molecule has 0 atom stereocenters. The van der Waals surface area contributed by atoms with E-state index in [2.05, 4.69) is 9.73 Å². The Morgan fingerprint density at radius 3 is 2.44 bits per heavy atom. The van der Waals surface area contributed by atoms with E-state index in [4.69, 9.17) is 0 Å². The molecule has 0 saturated heterocycles. The van der Waals surface area contributed by atoms with Gasteiger partial charge in [-0.05, 0) is 42.8 Å². The molecule has 8 heteroatoms. The van der Waals surface area contributed by atoms with E-state index >= 15 is 0 Å². The minimum Gasteiger partial charge on any atom is -1.00 e. The van der Waals surface area contributed by atoms with E-state index < -0.39 is 6.61 Å². The number of halogens is 3. The second kappa shape index (κ2) is 10.4. The number of nitrogens with zero attached hydrogens (tertiary/aromatic N) is 2. The number of aliphatic imine (C=N–C) groups is 1. The van der Waals surface area contributed by atoms with Gasteiger partial charge in [-0.25, -0.2) is 0 Å². The van der Waals surface area contributed by atoms with Crippen LogP contribution in [0.2, 0.25) is 0 Å². The van der Waals surface area contributed by atoms with Crippen molar-refractivity contribution in [2.75, 3.05) is 23.7 Å². The lowest BCUT2D eigenvalue weighted by Crippen LogP contribution is -3.00. The summed E-state index contributed by atoms with van der Waals surface area (Å²) in [5.74, 6) is 0.880. The highest BCUT2D eigenvalue weighted by Crippen LogP contribution is 2.23. The molecule has 2 aromatic carbocycles. The van der Waals surface area contributed by atoms with E-state index in [1.54, 1.807) is 11.8 Å². The number of hydrogen-bond acceptors (Lipinski definition) is 5. The van der Waals surface area contributed by atoms with E-state index in [0.717, 1.165) is 29.6 Å². The zero-order valence-corrected chi connectivity index (χ0v) is 16.8. The predicted octanol–water partition coefficient (Wildman–Crippen LogP) is 1.47. The number of carbonyl (C=O) groups excluding carboxylic acids is 1. The van der Waals surface area contributed by atoms with Crippen LogP contribution in [0.5, 0.6) is 5.75 Å². The first-order chi connectivity index (χ1) is 12.6. The minimum absolute atomic E-state index is 0. The van der Waals surface area contributed by atoms with Gasteiger partial charge in [0, 0.05) is 23.5 Å². The van der Waals surface area contributed by atoms with Crippen molar-refractivity contribution in [3.63, 3.8) is 0 Å². The second-order valence-electron chi connectivity index (χ2n) is 5.61. The van der Waals surface area contributed by atoms with Gasteiger partial charge in [0.25, 0.3) is 0 Å². The van der Waals surface area contributed by atoms with Gasteiger partial charge in [0.15, 0.2) is 11.0 Å². The zero-order valence-electron chi connectivity index (χ0n) is 14.4. The van der Waals surface area contributed by atoms with Gasteiger partial charge in [-0.3, -0.25) is 9.79 Å². The molecule has 3 rings (SSSR count). The van der Waals surface area contributed by atoms with Gasteiger partial charge in [0.2, 0.25) is 0 Å². The summed E-state index contributed by atoms with van der Waals surface area (Å²) in [7, 11) is 0. The molecule has 27 heavy (non-hydrogen) atoms. The van der Waals surface area contributed by atoms with Crippen LogP contribution in [0.25, 0.3) is 0 Å². The Labute approximate surface area is 171 Å². The Morgan fingerprint density at radius 2 is 1.85 bits per heavy atom. The smallest absolute Gasteiger partial charge is 0.387 e. The van der Waals surface area contributed by atoms with Crippen LogP contribution >= 0.6 is 11.8 Å². The van der Waals surface area contributed by atoms with Gasteiger partial charge >= 0.3 is 6.61 Å². The molecule has 0 saturated carbocycles. The van der Waals surface area contributed by atoms with Crippen LogP contribution in [0.4, 0.5) is 14.5 Å². The maximum absolute atomic E-state index is 12.7. The van der Waals surface area contributed by atoms with Crippen LogP contribution in [-0.4, -0.2) is 36.4 Å². The number of hydrogen-bond donors (Lipinski definition) is 0. The van der Waals surface area contributed by atoms with Gasteiger partial charge in [-0.2, -0.15) is 8.78 Å². The third-order valence-electron chi connectivity index (χ3n) is 3.78. The molecule has 0 N–H and O–H groups in total. The molecule has 0 fully saturated rings. The van der Waals surface area contributed by atoms with Crippen LogP contribution in [0.15, 0.2) is 59.6 Å². The standard InChI is InChI=1S/C19H18F2N2O2S.BrH/c20-18(21)25-16-9-7-14(8-10-16)17(24)13-23(15-5-2-1-3-6-15)19-22-11-4-12-26-19;/h1-3,5-10,18H,4,11-13H2;1H/p-1. The lowest BCUT2D eigenvalue weighted by molar-refractivity contribution is -0.0498. The summed E-state index contributed by atoms with van der Waals surface area (Å²) in [6, 6.07) is 15.4. The molecule has 0 radical (unpaired) electrons. The Balaban J connectivity index is 0.00000261. The summed E-state index contributed by atoms with van der Waals surface area (Å²) >= 11 is 1.63. The molecule has 0 bridgehead atoms. The van der Waals surface area contributed by atoms with Crippen molar-refractivity contribution in [1.29, 1.82) is 0 Å². The Bertz CT molecular complexity index is 773. The van der Waals surface area contributed by atoms with Gasteiger partial charge in [0.1, 0.15) is 5.75 Å².